The molecule has 0 bridgehead atoms. The van der Waals surface area contributed by atoms with Crippen molar-refractivity contribution in [3.63, 3.8) is 0 Å². The van der Waals surface area contributed by atoms with Crippen LogP contribution in [0.25, 0.3) is 0 Å². The Labute approximate surface area is 206 Å². The number of carbonyl (C=O) groups excluding carboxylic acids is 1. The quantitative estimate of drug-likeness (QED) is 0.512. The van der Waals surface area contributed by atoms with E-state index in [4.69, 9.17) is 9.47 Å². The molecule has 2 aromatic rings. The number of aromatic nitrogens is 2. The molecule has 1 aliphatic carbocycles. The van der Waals surface area contributed by atoms with Crippen LogP contribution in [0.3, 0.4) is 0 Å². The molecule has 1 aromatic heterocycles. The van der Waals surface area contributed by atoms with Gasteiger partial charge in [-0.15, -0.1) is 0 Å². The van der Waals surface area contributed by atoms with E-state index in [9.17, 15) is 9.18 Å². The maximum atomic E-state index is 14.5. The average molecular weight is 483 g/mol. The van der Waals surface area contributed by atoms with E-state index in [1.54, 1.807) is 19.2 Å². The lowest BCUT2D eigenvalue weighted by atomic mass is 9.90. The standard InChI is InChI=1S/C27H35FN4O3/c1-34-18-20-16-29-27(30-17-20)32-10-5-21(6-11-32)23-15-22(23)7-12-35-25-4-3-19(13-24(25)28)14-26(33)31-8-2-9-31/h3-4,13,16-17,21-23H,2,5-12,14-15,18H2,1H3/t22-,23+/m0/s1. The monoisotopic (exact) mass is 482 g/mol. The van der Waals surface area contributed by atoms with Crippen LogP contribution in [-0.2, 0) is 22.6 Å². The molecule has 2 atom stereocenters. The first-order chi connectivity index (χ1) is 17.1. The number of halogens is 1. The minimum atomic E-state index is -0.379. The maximum Gasteiger partial charge on any atom is 0.226 e. The number of anilines is 1. The van der Waals surface area contributed by atoms with Gasteiger partial charge in [0.1, 0.15) is 0 Å². The first-order valence-electron chi connectivity index (χ1n) is 12.8. The molecule has 8 heteroatoms. The molecule has 1 aromatic carbocycles. The lowest BCUT2D eigenvalue weighted by Gasteiger charge is -2.32. The third-order valence-corrected chi connectivity index (χ3v) is 7.71. The van der Waals surface area contributed by atoms with E-state index in [0.717, 1.165) is 75.2 Å². The van der Waals surface area contributed by atoms with E-state index in [0.29, 0.717) is 24.7 Å². The van der Waals surface area contributed by atoms with Crippen LogP contribution >= 0.6 is 0 Å². The Hall–Kier alpha value is -2.74. The summed E-state index contributed by atoms with van der Waals surface area (Å²) in [7, 11) is 1.67. The molecule has 1 saturated carbocycles. The molecule has 2 saturated heterocycles. The van der Waals surface area contributed by atoms with Crippen molar-refractivity contribution in [1.29, 1.82) is 0 Å². The first kappa shape index (κ1) is 24.0. The molecule has 3 fully saturated rings. The Balaban J connectivity index is 1.01. The predicted molar refractivity (Wildman–Crippen MR) is 131 cm³/mol. The highest BCUT2D eigenvalue weighted by Crippen LogP contribution is 2.49. The van der Waals surface area contributed by atoms with E-state index in [1.807, 2.05) is 17.3 Å². The van der Waals surface area contributed by atoms with Gasteiger partial charge in [0, 0.05) is 51.2 Å². The van der Waals surface area contributed by atoms with Crippen LogP contribution in [0.15, 0.2) is 30.6 Å². The summed E-state index contributed by atoms with van der Waals surface area (Å²) in [4.78, 5) is 25.2. The number of nitrogens with zero attached hydrogens (tertiary/aromatic N) is 4. The van der Waals surface area contributed by atoms with Gasteiger partial charge in [0.15, 0.2) is 11.6 Å². The summed E-state index contributed by atoms with van der Waals surface area (Å²) >= 11 is 0. The van der Waals surface area contributed by atoms with Crippen molar-refractivity contribution in [2.75, 3.05) is 44.8 Å². The van der Waals surface area contributed by atoms with E-state index < -0.39 is 0 Å². The summed E-state index contributed by atoms with van der Waals surface area (Å²) in [6.07, 6.45) is 9.54. The Bertz CT molecular complexity index is 1010. The third-order valence-electron chi connectivity index (χ3n) is 7.71. The summed E-state index contributed by atoms with van der Waals surface area (Å²) in [5.74, 6) is 2.95. The molecule has 3 heterocycles. The lowest BCUT2D eigenvalue weighted by Crippen LogP contribution is -2.42. The molecule has 1 amide bonds. The molecule has 0 unspecified atom stereocenters. The van der Waals surface area contributed by atoms with Gasteiger partial charge in [0.2, 0.25) is 11.9 Å². The SMILES string of the molecule is COCc1cnc(N2CCC([C@H]3C[C@@H]3CCOc3ccc(CC(=O)N4CCC4)cc3F)CC2)nc1. The molecule has 188 valence electrons. The predicted octanol–water partition coefficient (Wildman–Crippen LogP) is 3.86. The second-order valence-corrected chi connectivity index (χ2v) is 10.1. The molecule has 3 aliphatic rings. The normalized spacial score (nSPS) is 22.1. The van der Waals surface area contributed by atoms with Gasteiger partial charge in [-0.2, -0.15) is 0 Å². The molecule has 7 nitrogen and oxygen atoms in total. The summed E-state index contributed by atoms with van der Waals surface area (Å²) < 4.78 is 25.4. The van der Waals surface area contributed by atoms with E-state index in [1.165, 1.54) is 12.5 Å². The fraction of sp³-hybridized carbons (Fsp3) is 0.593. The second-order valence-electron chi connectivity index (χ2n) is 10.1. The Kier molecular flexibility index (Phi) is 7.46. The molecular formula is C27H35FN4O3. The first-order valence-corrected chi connectivity index (χ1v) is 12.8. The van der Waals surface area contributed by atoms with Crippen LogP contribution in [0.4, 0.5) is 10.3 Å². The number of piperidine rings is 1. The maximum absolute atomic E-state index is 14.5. The van der Waals surface area contributed by atoms with Crippen LogP contribution in [0.1, 0.15) is 43.2 Å². The molecule has 5 rings (SSSR count). The van der Waals surface area contributed by atoms with Gasteiger partial charge in [-0.3, -0.25) is 4.79 Å². The number of ether oxygens (including phenoxy) is 2. The highest BCUT2D eigenvalue weighted by molar-refractivity contribution is 5.79. The largest absolute Gasteiger partial charge is 0.491 e. The van der Waals surface area contributed by atoms with E-state index in [-0.39, 0.29) is 23.9 Å². The van der Waals surface area contributed by atoms with Gasteiger partial charge in [-0.1, -0.05) is 6.07 Å². The highest BCUT2D eigenvalue weighted by Gasteiger charge is 2.43. The van der Waals surface area contributed by atoms with Crippen molar-refractivity contribution in [2.45, 2.75) is 45.1 Å². The van der Waals surface area contributed by atoms with Crippen LogP contribution in [0, 0.1) is 23.6 Å². The van der Waals surface area contributed by atoms with Gasteiger partial charge in [-0.05, 0) is 67.6 Å². The summed E-state index contributed by atoms with van der Waals surface area (Å²) in [5.41, 5.74) is 1.69. The summed E-state index contributed by atoms with van der Waals surface area (Å²) in [6.45, 7) is 4.69. The van der Waals surface area contributed by atoms with Gasteiger partial charge in [0.25, 0.3) is 0 Å². The van der Waals surface area contributed by atoms with Crippen LogP contribution < -0.4 is 9.64 Å². The summed E-state index contributed by atoms with van der Waals surface area (Å²) in [6, 6.07) is 4.91. The molecule has 0 spiro atoms. The molecule has 35 heavy (non-hydrogen) atoms. The zero-order valence-electron chi connectivity index (χ0n) is 20.5. The molecule has 0 N–H and O–H groups in total. The second kappa shape index (κ2) is 10.9. The lowest BCUT2D eigenvalue weighted by molar-refractivity contribution is -0.133. The Morgan fingerprint density at radius 2 is 1.89 bits per heavy atom. The number of benzene rings is 1. The Morgan fingerprint density at radius 1 is 1.11 bits per heavy atom. The zero-order chi connectivity index (χ0) is 24.2. The van der Waals surface area contributed by atoms with E-state index in [2.05, 4.69) is 14.9 Å². The van der Waals surface area contributed by atoms with E-state index >= 15 is 0 Å². The van der Waals surface area contributed by atoms with Crippen LogP contribution in [-0.4, -0.2) is 60.7 Å². The number of carbonyl (C=O) groups is 1. The minimum Gasteiger partial charge on any atom is -0.491 e. The number of amides is 1. The topological polar surface area (TPSA) is 67.8 Å². The van der Waals surface area contributed by atoms with Crippen molar-refractivity contribution in [2.24, 2.45) is 17.8 Å². The van der Waals surface area contributed by atoms with Gasteiger partial charge in [-0.25, -0.2) is 14.4 Å². The van der Waals surface area contributed by atoms with Crippen LogP contribution in [0.5, 0.6) is 5.75 Å². The number of methoxy groups -OCH3 is 1. The number of hydrogen-bond donors (Lipinski definition) is 0. The smallest absolute Gasteiger partial charge is 0.226 e. The average Bonchev–Trinajstić information content (AvgIpc) is 3.60. The van der Waals surface area contributed by atoms with Crippen molar-refractivity contribution >= 4 is 11.9 Å². The number of hydrogen-bond acceptors (Lipinski definition) is 6. The fourth-order valence-corrected chi connectivity index (χ4v) is 5.40. The minimum absolute atomic E-state index is 0.0717. The van der Waals surface area contributed by atoms with Crippen LogP contribution in [0.2, 0.25) is 0 Å². The van der Waals surface area contributed by atoms with Gasteiger partial charge < -0.3 is 19.3 Å². The molecule has 2 aliphatic heterocycles. The number of rotatable bonds is 10. The van der Waals surface area contributed by atoms with Crippen molar-refractivity contribution in [1.82, 2.24) is 14.9 Å². The third kappa shape index (κ3) is 5.92. The van der Waals surface area contributed by atoms with Crippen molar-refractivity contribution in [3.05, 3.63) is 47.5 Å². The Morgan fingerprint density at radius 3 is 2.54 bits per heavy atom. The summed E-state index contributed by atoms with van der Waals surface area (Å²) in [5, 5.41) is 0. The van der Waals surface area contributed by atoms with Crippen molar-refractivity contribution in [3.8, 4) is 5.75 Å². The molecular weight excluding hydrogens is 447 g/mol. The fourth-order valence-electron chi connectivity index (χ4n) is 5.40. The van der Waals surface area contributed by atoms with Gasteiger partial charge >= 0.3 is 0 Å². The number of likely N-dealkylation sites (tertiary alicyclic amines) is 1. The molecule has 0 radical (unpaired) electrons. The highest BCUT2D eigenvalue weighted by atomic mass is 19.1. The van der Waals surface area contributed by atoms with Gasteiger partial charge in [0.05, 0.1) is 19.6 Å². The van der Waals surface area contributed by atoms with Crippen molar-refractivity contribution < 1.29 is 18.7 Å². The zero-order valence-corrected chi connectivity index (χ0v) is 20.5.